The first-order valence-corrected chi connectivity index (χ1v) is 7.84. The van der Waals surface area contributed by atoms with Gasteiger partial charge in [0.25, 0.3) is 0 Å². The molecule has 17 heavy (non-hydrogen) atoms. The molecule has 0 unspecified atom stereocenters. The van der Waals surface area contributed by atoms with Crippen molar-refractivity contribution < 1.29 is 0 Å². The Hall–Kier alpha value is -0.160. The van der Waals surface area contributed by atoms with Crippen LogP contribution in [0.1, 0.15) is 23.4 Å². The minimum atomic E-state index is 0.349. The molecule has 0 saturated carbocycles. The van der Waals surface area contributed by atoms with E-state index in [1.807, 2.05) is 6.07 Å². The Kier molecular flexibility index (Phi) is 4.79. The van der Waals surface area contributed by atoms with Gasteiger partial charge in [0.2, 0.25) is 0 Å². The van der Waals surface area contributed by atoms with E-state index in [0.717, 1.165) is 11.0 Å². The molecule has 1 aromatic carbocycles. The molecule has 2 aromatic rings. The van der Waals surface area contributed by atoms with Crippen LogP contribution in [0.3, 0.4) is 0 Å². The third-order valence-corrected chi connectivity index (χ3v) is 5.03. The highest BCUT2D eigenvalue weighted by Gasteiger charge is 2.07. The Morgan fingerprint density at radius 2 is 2.12 bits per heavy atom. The van der Waals surface area contributed by atoms with Crippen molar-refractivity contribution in [2.24, 2.45) is 0 Å². The van der Waals surface area contributed by atoms with Gasteiger partial charge in [-0.2, -0.15) is 0 Å². The molecule has 0 bridgehead atoms. The van der Waals surface area contributed by atoms with Crippen molar-refractivity contribution in [3.05, 3.63) is 55.1 Å². The number of nitrogens with one attached hydrogen (secondary N) is 1. The molecule has 0 radical (unpaired) electrons. The van der Waals surface area contributed by atoms with E-state index in [4.69, 9.17) is 0 Å². The first-order valence-electron chi connectivity index (χ1n) is 5.37. The Morgan fingerprint density at radius 3 is 2.76 bits per heavy atom. The predicted octanol–water partition coefficient (Wildman–Crippen LogP) is 5.12. The van der Waals surface area contributed by atoms with Crippen LogP contribution in [0, 0.1) is 0 Å². The van der Waals surface area contributed by atoms with Gasteiger partial charge in [-0.15, -0.1) is 11.3 Å². The molecule has 2 rings (SSSR count). The molecule has 0 amide bonds. The van der Waals surface area contributed by atoms with E-state index < -0.39 is 0 Å². The summed E-state index contributed by atoms with van der Waals surface area (Å²) in [5.41, 5.74) is 1.30. The number of rotatable bonds is 4. The molecule has 0 saturated heterocycles. The number of hydrogen-bond acceptors (Lipinski definition) is 2. The maximum absolute atomic E-state index is 3.55. The van der Waals surface area contributed by atoms with Crippen molar-refractivity contribution in [1.82, 2.24) is 5.32 Å². The van der Waals surface area contributed by atoms with Crippen LogP contribution in [-0.4, -0.2) is 0 Å². The van der Waals surface area contributed by atoms with Crippen molar-refractivity contribution >= 4 is 43.2 Å². The molecule has 1 N–H and O–H groups in total. The van der Waals surface area contributed by atoms with Crippen molar-refractivity contribution in [1.29, 1.82) is 0 Å². The molecule has 4 heteroatoms. The second kappa shape index (κ2) is 6.14. The first kappa shape index (κ1) is 13.3. The van der Waals surface area contributed by atoms with Crippen LogP contribution in [-0.2, 0) is 6.54 Å². The van der Waals surface area contributed by atoms with Crippen LogP contribution in [0.4, 0.5) is 0 Å². The van der Waals surface area contributed by atoms with E-state index in [1.165, 1.54) is 14.9 Å². The maximum atomic E-state index is 3.55. The fourth-order valence-corrected chi connectivity index (χ4v) is 3.45. The normalized spacial score (nSPS) is 12.6. The number of halogens is 2. The molecule has 0 aliphatic carbocycles. The Bertz CT molecular complexity index is 496. The molecule has 0 spiro atoms. The highest BCUT2D eigenvalue weighted by molar-refractivity contribution is 9.10. The van der Waals surface area contributed by atoms with E-state index in [9.17, 15) is 0 Å². The zero-order chi connectivity index (χ0) is 12.3. The van der Waals surface area contributed by atoms with Gasteiger partial charge in [0.1, 0.15) is 0 Å². The molecule has 1 heterocycles. The monoisotopic (exact) mass is 373 g/mol. The zero-order valence-corrected chi connectivity index (χ0v) is 13.4. The summed E-state index contributed by atoms with van der Waals surface area (Å²) in [5, 5.41) is 5.63. The summed E-state index contributed by atoms with van der Waals surface area (Å²) in [6, 6.07) is 10.9. The Labute approximate surface area is 123 Å². The SMILES string of the molecule is C[C@H](NCc1sccc1Br)c1cccc(Br)c1. The van der Waals surface area contributed by atoms with Gasteiger partial charge in [-0.25, -0.2) is 0 Å². The van der Waals surface area contributed by atoms with Crippen molar-refractivity contribution in [3.8, 4) is 0 Å². The van der Waals surface area contributed by atoms with E-state index in [0.29, 0.717) is 6.04 Å². The van der Waals surface area contributed by atoms with Gasteiger partial charge in [0, 0.05) is 26.4 Å². The first-order chi connectivity index (χ1) is 8.16. The summed E-state index contributed by atoms with van der Waals surface area (Å²) >= 11 is 8.82. The topological polar surface area (TPSA) is 12.0 Å². The molecular formula is C13H13Br2NS. The van der Waals surface area contributed by atoms with E-state index in [1.54, 1.807) is 11.3 Å². The second-order valence-electron chi connectivity index (χ2n) is 3.85. The molecule has 1 atom stereocenters. The highest BCUT2D eigenvalue weighted by atomic mass is 79.9. The quantitative estimate of drug-likeness (QED) is 0.782. The lowest BCUT2D eigenvalue weighted by Gasteiger charge is -2.14. The van der Waals surface area contributed by atoms with Gasteiger partial charge < -0.3 is 5.32 Å². The largest absolute Gasteiger partial charge is 0.305 e. The summed E-state index contributed by atoms with van der Waals surface area (Å²) in [4.78, 5) is 1.34. The lowest BCUT2D eigenvalue weighted by Crippen LogP contribution is -2.17. The molecule has 90 valence electrons. The molecule has 0 aliphatic rings. The molecule has 0 fully saturated rings. The average molecular weight is 375 g/mol. The summed E-state index contributed by atoms with van der Waals surface area (Å²) in [6.45, 7) is 3.08. The molecule has 1 aromatic heterocycles. The minimum absolute atomic E-state index is 0.349. The Balaban J connectivity index is 1.98. The Morgan fingerprint density at radius 1 is 1.29 bits per heavy atom. The van der Waals surface area contributed by atoms with Gasteiger partial charge in [-0.3, -0.25) is 0 Å². The highest BCUT2D eigenvalue weighted by Crippen LogP contribution is 2.24. The van der Waals surface area contributed by atoms with Crippen LogP contribution < -0.4 is 5.32 Å². The van der Waals surface area contributed by atoms with Crippen LogP contribution in [0.15, 0.2) is 44.7 Å². The number of thiophene rings is 1. The third kappa shape index (κ3) is 3.65. The van der Waals surface area contributed by atoms with E-state index in [2.05, 4.69) is 73.7 Å². The summed E-state index contributed by atoms with van der Waals surface area (Å²) in [7, 11) is 0. The second-order valence-corrected chi connectivity index (χ2v) is 6.62. The van der Waals surface area contributed by atoms with Crippen molar-refractivity contribution in [3.63, 3.8) is 0 Å². The van der Waals surface area contributed by atoms with E-state index >= 15 is 0 Å². The van der Waals surface area contributed by atoms with E-state index in [-0.39, 0.29) is 0 Å². The van der Waals surface area contributed by atoms with Crippen molar-refractivity contribution in [2.45, 2.75) is 19.5 Å². The smallest absolute Gasteiger partial charge is 0.0327 e. The predicted molar refractivity (Wildman–Crippen MR) is 81.4 cm³/mol. The van der Waals surface area contributed by atoms with Crippen LogP contribution >= 0.6 is 43.2 Å². The van der Waals surface area contributed by atoms with Gasteiger partial charge in [-0.1, -0.05) is 28.1 Å². The summed E-state index contributed by atoms with van der Waals surface area (Å²) in [5.74, 6) is 0. The maximum Gasteiger partial charge on any atom is 0.0327 e. The molecule has 0 aliphatic heterocycles. The van der Waals surface area contributed by atoms with Crippen molar-refractivity contribution in [2.75, 3.05) is 0 Å². The van der Waals surface area contributed by atoms with Gasteiger partial charge in [0.15, 0.2) is 0 Å². The number of benzene rings is 1. The summed E-state index contributed by atoms with van der Waals surface area (Å²) in [6.07, 6.45) is 0. The minimum Gasteiger partial charge on any atom is -0.305 e. The standard InChI is InChI=1S/C13H13Br2NS/c1-9(10-3-2-4-11(14)7-10)16-8-13-12(15)5-6-17-13/h2-7,9,16H,8H2,1H3/t9-/m0/s1. The zero-order valence-electron chi connectivity index (χ0n) is 9.41. The van der Waals surface area contributed by atoms with Gasteiger partial charge in [-0.05, 0) is 52.0 Å². The lowest BCUT2D eigenvalue weighted by atomic mass is 10.1. The lowest BCUT2D eigenvalue weighted by molar-refractivity contribution is 0.578. The van der Waals surface area contributed by atoms with Gasteiger partial charge in [0.05, 0.1) is 0 Å². The molecular weight excluding hydrogens is 362 g/mol. The number of hydrogen-bond donors (Lipinski definition) is 1. The van der Waals surface area contributed by atoms with Crippen LogP contribution in [0.25, 0.3) is 0 Å². The van der Waals surface area contributed by atoms with Crippen LogP contribution in [0.2, 0.25) is 0 Å². The fourth-order valence-electron chi connectivity index (χ4n) is 1.59. The summed E-state index contributed by atoms with van der Waals surface area (Å²) < 4.78 is 2.32. The van der Waals surface area contributed by atoms with Gasteiger partial charge >= 0.3 is 0 Å². The third-order valence-electron chi connectivity index (χ3n) is 2.61. The fraction of sp³-hybridized carbons (Fsp3) is 0.231. The molecule has 1 nitrogen and oxygen atoms in total. The average Bonchev–Trinajstić information content (AvgIpc) is 2.72. The van der Waals surface area contributed by atoms with Crippen LogP contribution in [0.5, 0.6) is 0 Å².